The van der Waals surface area contributed by atoms with Gasteiger partial charge in [-0.1, -0.05) is 24.6 Å². The van der Waals surface area contributed by atoms with Gasteiger partial charge in [-0.25, -0.2) is 8.42 Å². The van der Waals surface area contributed by atoms with Crippen molar-refractivity contribution in [3.05, 3.63) is 54.1 Å². The zero-order valence-corrected chi connectivity index (χ0v) is 17.5. The van der Waals surface area contributed by atoms with E-state index in [4.69, 9.17) is 0 Å². The second-order valence-corrected chi connectivity index (χ2v) is 9.55. The first-order valence-electron chi connectivity index (χ1n) is 10.3. The lowest BCUT2D eigenvalue weighted by molar-refractivity contribution is -0.117. The van der Waals surface area contributed by atoms with E-state index in [1.165, 1.54) is 16.4 Å². The SMILES string of the molecule is O=C(Nc1ccccc1N1CCCC1=O)c1cccc(S(=O)(=O)N2CCCCC2)c1. The van der Waals surface area contributed by atoms with Crippen LogP contribution < -0.4 is 10.2 Å². The summed E-state index contributed by atoms with van der Waals surface area (Å²) in [6.45, 7) is 1.64. The van der Waals surface area contributed by atoms with Gasteiger partial charge in [0, 0.05) is 31.6 Å². The minimum Gasteiger partial charge on any atom is -0.320 e. The van der Waals surface area contributed by atoms with Crippen LogP contribution in [0, 0.1) is 0 Å². The number of amides is 2. The molecule has 8 heteroatoms. The van der Waals surface area contributed by atoms with Gasteiger partial charge in [0.2, 0.25) is 15.9 Å². The van der Waals surface area contributed by atoms with E-state index in [0.29, 0.717) is 37.4 Å². The lowest BCUT2D eigenvalue weighted by Gasteiger charge is -2.26. The topological polar surface area (TPSA) is 86.8 Å². The fourth-order valence-corrected chi connectivity index (χ4v) is 5.53. The van der Waals surface area contributed by atoms with Crippen LogP contribution in [0.4, 0.5) is 11.4 Å². The van der Waals surface area contributed by atoms with Gasteiger partial charge in [0.05, 0.1) is 16.3 Å². The highest BCUT2D eigenvalue weighted by Gasteiger charge is 2.27. The average molecular weight is 428 g/mol. The molecule has 2 aromatic carbocycles. The smallest absolute Gasteiger partial charge is 0.255 e. The van der Waals surface area contributed by atoms with Gasteiger partial charge in [-0.15, -0.1) is 0 Å². The van der Waals surface area contributed by atoms with Gasteiger partial charge in [0.1, 0.15) is 0 Å². The molecule has 158 valence electrons. The fourth-order valence-electron chi connectivity index (χ4n) is 3.96. The normalized spacial score (nSPS) is 17.9. The largest absolute Gasteiger partial charge is 0.320 e. The number of hydrogen-bond acceptors (Lipinski definition) is 4. The third-order valence-electron chi connectivity index (χ3n) is 5.57. The van der Waals surface area contributed by atoms with E-state index >= 15 is 0 Å². The number of hydrogen-bond donors (Lipinski definition) is 1. The van der Waals surface area contributed by atoms with Gasteiger partial charge >= 0.3 is 0 Å². The molecule has 2 amide bonds. The van der Waals surface area contributed by atoms with Crippen LogP contribution in [0.3, 0.4) is 0 Å². The average Bonchev–Trinajstić information content (AvgIpc) is 3.20. The van der Waals surface area contributed by atoms with E-state index in [1.807, 2.05) is 6.07 Å². The number of nitrogens with one attached hydrogen (secondary N) is 1. The van der Waals surface area contributed by atoms with Crippen LogP contribution >= 0.6 is 0 Å². The number of nitrogens with zero attached hydrogens (tertiary/aromatic N) is 2. The number of carbonyl (C=O) groups is 2. The van der Waals surface area contributed by atoms with Crippen molar-refractivity contribution in [3.63, 3.8) is 0 Å². The van der Waals surface area contributed by atoms with Crippen molar-refractivity contribution in [2.75, 3.05) is 29.9 Å². The summed E-state index contributed by atoms with van der Waals surface area (Å²) >= 11 is 0. The van der Waals surface area contributed by atoms with Crippen molar-refractivity contribution in [1.29, 1.82) is 0 Å². The van der Waals surface area contributed by atoms with Crippen LogP contribution in [0.1, 0.15) is 42.5 Å². The molecular formula is C22H25N3O4S. The predicted octanol–water partition coefficient (Wildman–Crippen LogP) is 3.24. The second kappa shape index (κ2) is 8.57. The zero-order valence-electron chi connectivity index (χ0n) is 16.7. The Morgan fingerprint density at radius 1 is 0.900 bits per heavy atom. The Labute approximate surface area is 176 Å². The molecule has 2 aliphatic heterocycles. The molecular weight excluding hydrogens is 402 g/mol. The van der Waals surface area contributed by atoms with Crippen LogP contribution in [0.15, 0.2) is 53.4 Å². The van der Waals surface area contributed by atoms with E-state index in [-0.39, 0.29) is 16.4 Å². The Bertz CT molecular complexity index is 1060. The van der Waals surface area contributed by atoms with Gasteiger partial charge in [0.25, 0.3) is 5.91 Å². The Hall–Kier alpha value is -2.71. The summed E-state index contributed by atoms with van der Waals surface area (Å²) in [4.78, 5) is 26.8. The monoisotopic (exact) mass is 427 g/mol. The highest BCUT2D eigenvalue weighted by Crippen LogP contribution is 2.30. The number of rotatable bonds is 5. The first-order valence-corrected chi connectivity index (χ1v) is 11.7. The van der Waals surface area contributed by atoms with Crippen LogP contribution in [-0.2, 0) is 14.8 Å². The van der Waals surface area contributed by atoms with E-state index in [2.05, 4.69) is 5.32 Å². The lowest BCUT2D eigenvalue weighted by Crippen LogP contribution is -2.35. The number of benzene rings is 2. The Morgan fingerprint density at radius 2 is 1.67 bits per heavy atom. The van der Waals surface area contributed by atoms with E-state index in [9.17, 15) is 18.0 Å². The minimum absolute atomic E-state index is 0.0336. The Morgan fingerprint density at radius 3 is 2.40 bits per heavy atom. The van der Waals surface area contributed by atoms with Crippen molar-refractivity contribution in [1.82, 2.24) is 4.31 Å². The van der Waals surface area contributed by atoms with Crippen molar-refractivity contribution in [3.8, 4) is 0 Å². The maximum absolute atomic E-state index is 12.9. The van der Waals surface area contributed by atoms with Crippen LogP contribution in [0.5, 0.6) is 0 Å². The molecule has 0 radical (unpaired) electrons. The fraction of sp³-hybridized carbons (Fsp3) is 0.364. The molecule has 2 aromatic rings. The highest BCUT2D eigenvalue weighted by atomic mass is 32.2. The van der Waals surface area contributed by atoms with Gasteiger partial charge in [-0.3, -0.25) is 9.59 Å². The van der Waals surface area contributed by atoms with E-state index in [0.717, 1.165) is 25.7 Å². The molecule has 30 heavy (non-hydrogen) atoms. The number of para-hydroxylation sites is 2. The maximum Gasteiger partial charge on any atom is 0.255 e. The molecule has 0 unspecified atom stereocenters. The molecule has 2 fully saturated rings. The third kappa shape index (κ3) is 4.11. The summed E-state index contributed by atoms with van der Waals surface area (Å²) in [7, 11) is -3.62. The maximum atomic E-state index is 12.9. The van der Waals surface area contributed by atoms with Gasteiger partial charge in [-0.05, 0) is 49.6 Å². The van der Waals surface area contributed by atoms with Gasteiger partial charge < -0.3 is 10.2 Å². The molecule has 2 heterocycles. The summed E-state index contributed by atoms with van der Waals surface area (Å²) in [5, 5.41) is 2.84. The van der Waals surface area contributed by atoms with Crippen molar-refractivity contribution in [2.24, 2.45) is 0 Å². The lowest BCUT2D eigenvalue weighted by atomic mass is 10.2. The number of piperidine rings is 1. The number of anilines is 2. The predicted molar refractivity (Wildman–Crippen MR) is 115 cm³/mol. The van der Waals surface area contributed by atoms with Gasteiger partial charge in [-0.2, -0.15) is 4.31 Å². The molecule has 0 spiro atoms. The molecule has 7 nitrogen and oxygen atoms in total. The molecule has 0 aromatic heterocycles. The Balaban J connectivity index is 1.57. The summed E-state index contributed by atoms with van der Waals surface area (Å²) in [6, 6.07) is 13.3. The van der Waals surface area contributed by atoms with Crippen molar-refractivity contribution in [2.45, 2.75) is 37.0 Å². The first kappa shape index (κ1) is 20.6. The van der Waals surface area contributed by atoms with Crippen molar-refractivity contribution < 1.29 is 18.0 Å². The van der Waals surface area contributed by atoms with Gasteiger partial charge in [0.15, 0.2) is 0 Å². The van der Waals surface area contributed by atoms with Crippen molar-refractivity contribution >= 4 is 33.2 Å². The summed E-state index contributed by atoms with van der Waals surface area (Å²) in [5.41, 5.74) is 1.45. The molecule has 2 aliphatic rings. The van der Waals surface area contributed by atoms with E-state index in [1.54, 1.807) is 35.2 Å². The third-order valence-corrected chi connectivity index (χ3v) is 7.46. The molecule has 0 saturated carbocycles. The summed E-state index contributed by atoms with van der Waals surface area (Å²) in [5.74, 6) is -0.379. The molecule has 0 bridgehead atoms. The first-order chi connectivity index (χ1) is 14.5. The highest BCUT2D eigenvalue weighted by molar-refractivity contribution is 7.89. The standard InChI is InChI=1S/C22H25N3O4S/c26-21-12-7-15-25(21)20-11-3-2-10-19(20)23-22(27)17-8-6-9-18(16-17)30(28,29)24-13-4-1-5-14-24/h2-3,6,8-11,16H,1,4-5,7,12-15H2,(H,23,27). The van der Waals surface area contributed by atoms with Crippen LogP contribution in [0.25, 0.3) is 0 Å². The Kier molecular flexibility index (Phi) is 5.87. The molecule has 4 rings (SSSR count). The summed E-state index contributed by atoms with van der Waals surface area (Å²) in [6.07, 6.45) is 4.03. The van der Waals surface area contributed by atoms with E-state index < -0.39 is 15.9 Å². The number of carbonyl (C=O) groups excluding carboxylic acids is 2. The quantitative estimate of drug-likeness (QED) is 0.794. The molecule has 0 aliphatic carbocycles. The second-order valence-electron chi connectivity index (χ2n) is 7.61. The number of sulfonamides is 1. The van der Waals surface area contributed by atoms with Crippen LogP contribution in [-0.4, -0.2) is 44.2 Å². The molecule has 2 saturated heterocycles. The zero-order chi connectivity index (χ0) is 21.1. The van der Waals surface area contributed by atoms with Crippen LogP contribution in [0.2, 0.25) is 0 Å². The molecule has 1 N–H and O–H groups in total. The molecule has 0 atom stereocenters. The summed E-state index contributed by atoms with van der Waals surface area (Å²) < 4.78 is 27.4. The minimum atomic E-state index is -3.62.